The van der Waals surface area contributed by atoms with Crippen molar-refractivity contribution in [3.05, 3.63) is 71.8 Å². The molecule has 0 atom stereocenters. The zero-order chi connectivity index (χ0) is 14.5. The van der Waals surface area contributed by atoms with Crippen molar-refractivity contribution in [1.29, 1.82) is 0 Å². The van der Waals surface area contributed by atoms with Crippen molar-refractivity contribution in [2.45, 2.75) is 24.7 Å². The van der Waals surface area contributed by atoms with Crippen LogP contribution in [0.5, 0.6) is 0 Å². The molecule has 3 rings (SSSR count). The van der Waals surface area contributed by atoms with E-state index >= 15 is 0 Å². The van der Waals surface area contributed by atoms with Gasteiger partial charge in [0.2, 0.25) is 0 Å². The number of carbonyl (C=O) groups is 1. The molecule has 1 aliphatic heterocycles. The van der Waals surface area contributed by atoms with Gasteiger partial charge in [-0.15, -0.1) is 0 Å². The Hall–Kier alpha value is -1.93. The molecule has 1 heterocycles. The van der Waals surface area contributed by atoms with Crippen LogP contribution in [0, 0.1) is 0 Å². The molecule has 0 amide bonds. The molecule has 1 aliphatic rings. The summed E-state index contributed by atoms with van der Waals surface area (Å²) in [6, 6.07) is 20.4. The fourth-order valence-electron chi connectivity index (χ4n) is 3.29. The number of carbonyl (C=O) groups excluding carboxylic acids is 1. The number of Topliss-reactive ketones (excluding diaryl/α,β-unsaturated/α-hetero) is 1. The van der Waals surface area contributed by atoms with Crippen molar-refractivity contribution in [2.24, 2.45) is 0 Å². The maximum Gasteiger partial charge on any atom is 0.147 e. The first-order valence-corrected chi connectivity index (χ1v) is 7.65. The molecular formula is C19H21NO. The van der Waals surface area contributed by atoms with Gasteiger partial charge in [0.25, 0.3) is 0 Å². The average molecular weight is 279 g/mol. The van der Waals surface area contributed by atoms with E-state index in [9.17, 15) is 4.79 Å². The summed E-state index contributed by atoms with van der Waals surface area (Å²) in [4.78, 5) is 13.1. The molecule has 0 bridgehead atoms. The topological polar surface area (TPSA) is 29.1 Å². The van der Waals surface area contributed by atoms with Gasteiger partial charge in [-0.25, -0.2) is 0 Å². The highest BCUT2D eigenvalue weighted by molar-refractivity contribution is 5.92. The molecule has 0 aromatic heterocycles. The van der Waals surface area contributed by atoms with Gasteiger partial charge >= 0.3 is 0 Å². The first-order chi connectivity index (χ1) is 10.3. The van der Waals surface area contributed by atoms with E-state index in [1.807, 2.05) is 48.5 Å². The second-order valence-electron chi connectivity index (χ2n) is 5.78. The van der Waals surface area contributed by atoms with E-state index in [1.165, 1.54) is 5.56 Å². The lowest BCUT2D eigenvalue weighted by atomic mass is 9.69. The normalized spacial score (nSPS) is 17.3. The summed E-state index contributed by atoms with van der Waals surface area (Å²) in [5.74, 6) is 0.349. The van der Waals surface area contributed by atoms with Crippen molar-refractivity contribution >= 4 is 5.78 Å². The van der Waals surface area contributed by atoms with Gasteiger partial charge in [0.05, 0.1) is 5.41 Å². The summed E-state index contributed by atoms with van der Waals surface area (Å²) in [5.41, 5.74) is 1.96. The second kappa shape index (κ2) is 6.23. The van der Waals surface area contributed by atoms with Gasteiger partial charge in [0.15, 0.2) is 0 Å². The molecule has 2 nitrogen and oxygen atoms in total. The third kappa shape index (κ3) is 2.91. The Kier molecular flexibility index (Phi) is 4.16. The Morgan fingerprint density at radius 2 is 1.48 bits per heavy atom. The number of ketones is 1. The van der Waals surface area contributed by atoms with E-state index < -0.39 is 0 Å². The number of hydrogen-bond donors (Lipinski definition) is 1. The second-order valence-corrected chi connectivity index (χ2v) is 5.78. The summed E-state index contributed by atoms with van der Waals surface area (Å²) in [6.45, 7) is 1.82. The van der Waals surface area contributed by atoms with Gasteiger partial charge in [-0.1, -0.05) is 60.7 Å². The first kappa shape index (κ1) is 14.0. The van der Waals surface area contributed by atoms with E-state index in [2.05, 4.69) is 17.4 Å². The van der Waals surface area contributed by atoms with E-state index in [4.69, 9.17) is 0 Å². The van der Waals surface area contributed by atoms with E-state index in [0.29, 0.717) is 12.2 Å². The lowest BCUT2D eigenvalue weighted by Crippen LogP contribution is -2.46. The minimum Gasteiger partial charge on any atom is -0.317 e. The van der Waals surface area contributed by atoms with Crippen molar-refractivity contribution in [1.82, 2.24) is 5.32 Å². The molecule has 2 heteroatoms. The maximum absolute atomic E-state index is 13.1. The molecule has 108 valence electrons. The summed E-state index contributed by atoms with van der Waals surface area (Å²) in [6.07, 6.45) is 2.31. The monoisotopic (exact) mass is 279 g/mol. The van der Waals surface area contributed by atoms with Crippen LogP contribution in [0.4, 0.5) is 0 Å². The van der Waals surface area contributed by atoms with E-state index in [-0.39, 0.29) is 5.41 Å². The third-order valence-corrected chi connectivity index (χ3v) is 4.52. The lowest BCUT2D eigenvalue weighted by Gasteiger charge is -2.37. The molecule has 0 aliphatic carbocycles. The minimum atomic E-state index is -0.317. The summed E-state index contributed by atoms with van der Waals surface area (Å²) >= 11 is 0. The summed E-state index contributed by atoms with van der Waals surface area (Å²) in [7, 11) is 0. The van der Waals surface area contributed by atoms with Crippen LogP contribution in [-0.2, 0) is 16.6 Å². The summed E-state index contributed by atoms with van der Waals surface area (Å²) < 4.78 is 0. The van der Waals surface area contributed by atoms with Crippen molar-refractivity contribution < 1.29 is 4.79 Å². The minimum absolute atomic E-state index is 0.317. The van der Waals surface area contributed by atoms with E-state index in [1.54, 1.807) is 0 Å². The molecule has 2 aromatic rings. The van der Waals surface area contributed by atoms with Crippen LogP contribution in [0.15, 0.2) is 60.7 Å². The van der Waals surface area contributed by atoms with Gasteiger partial charge < -0.3 is 5.32 Å². The Balaban J connectivity index is 1.90. The van der Waals surface area contributed by atoms with Gasteiger partial charge in [0.1, 0.15) is 5.78 Å². The number of benzene rings is 2. The van der Waals surface area contributed by atoms with Crippen LogP contribution >= 0.6 is 0 Å². The zero-order valence-electron chi connectivity index (χ0n) is 12.2. The maximum atomic E-state index is 13.1. The quantitative estimate of drug-likeness (QED) is 0.931. The van der Waals surface area contributed by atoms with Crippen LogP contribution in [0.2, 0.25) is 0 Å². The van der Waals surface area contributed by atoms with E-state index in [0.717, 1.165) is 31.5 Å². The number of rotatable bonds is 4. The molecule has 1 N–H and O–H groups in total. The number of hydrogen-bond acceptors (Lipinski definition) is 2. The third-order valence-electron chi connectivity index (χ3n) is 4.52. The Morgan fingerprint density at radius 1 is 0.905 bits per heavy atom. The SMILES string of the molecule is O=C(Cc1ccccc1)C1(c2ccccc2)CCNCC1. The molecule has 0 radical (unpaired) electrons. The van der Waals surface area contributed by atoms with Gasteiger partial charge in [0, 0.05) is 6.42 Å². The van der Waals surface area contributed by atoms with Crippen molar-refractivity contribution in [2.75, 3.05) is 13.1 Å². The highest BCUT2D eigenvalue weighted by Crippen LogP contribution is 2.35. The molecule has 21 heavy (non-hydrogen) atoms. The number of nitrogens with one attached hydrogen (secondary N) is 1. The molecule has 2 aromatic carbocycles. The Labute approximate surface area is 126 Å². The fourth-order valence-corrected chi connectivity index (χ4v) is 3.29. The largest absolute Gasteiger partial charge is 0.317 e. The first-order valence-electron chi connectivity index (χ1n) is 7.65. The predicted molar refractivity (Wildman–Crippen MR) is 85.4 cm³/mol. The van der Waals surface area contributed by atoms with Crippen LogP contribution in [-0.4, -0.2) is 18.9 Å². The van der Waals surface area contributed by atoms with Gasteiger partial charge in [-0.3, -0.25) is 4.79 Å². The van der Waals surface area contributed by atoms with Gasteiger partial charge in [-0.05, 0) is 37.1 Å². The van der Waals surface area contributed by atoms with Gasteiger partial charge in [-0.2, -0.15) is 0 Å². The molecular weight excluding hydrogens is 258 g/mol. The Bertz CT molecular complexity index is 585. The highest BCUT2D eigenvalue weighted by Gasteiger charge is 2.40. The molecule has 1 saturated heterocycles. The van der Waals surface area contributed by atoms with Crippen LogP contribution in [0.25, 0.3) is 0 Å². The predicted octanol–water partition coefficient (Wildman–Crippen LogP) is 3.12. The highest BCUT2D eigenvalue weighted by atomic mass is 16.1. The fraction of sp³-hybridized carbons (Fsp3) is 0.316. The lowest BCUT2D eigenvalue weighted by molar-refractivity contribution is -0.125. The van der Waals surface area contributed by atoms with Crippen molar-refractivity contribution in [3.8, 4) is 0 Å². The standard InChI is InChI=1S/C19H21NO/c21-18(15-16-7-3-1-4-8-16)19(11-13-20-14-12-19)17-9-5-2-6-10-17/h1-10,20H,11-15H2. The van der Waals surface area contributed by atoms with Crippen LogP contribution < -0.4 is 5.32 Å². The smallest absolute Gasteiger partial charge is 0.147 e. The molecule has 1 fully saturated rings. The molecule has 0 unspecified atom stereocenters. The molecule has 0 spiro atoms. The van der Waals surface area contributed by atoms with Crippen LogP contribution in [0.3, 0.4) is 0 Å². The Morgan fingerprint density at radius 3 is 2.10 bits per heavy atom. The number of piperidine rings is 1. The average Bonchev–Trinajstić information content (AvgIpc) is 2.57. The zero-order valence-corrected chi connectivity index (χ0v) is 12.2. The summed E-state index contributed by atoms with van der Waals surface area (Å²) in [5, 5.41) is 3.38. The molecule has 0 saturated carbocycles. The van der Waals surface area contributed by atoms with Crippen molar-refractivity contribution in [3.63, 3.8) is 0 Å². The van der Waals surface area contributed by atoms with Crippen LogP contribution in [0.1, 0.15) is 24.0 Å².